The summed E-state index contributed by atoms with van der Waals surface area (Å²) in [5.41, 5.74) is 9.10. The molecule has 1 aliphatic heterocycles. The zero-order valence-corrected chi connectivity index (χ0v) is 20.1. The van der Waals surface area contributed by atoms with E-state index in [-0.39, 0.29) is 6.61 Å². The Balaban J connectivity index is 1.34. The first kappa shape index (κ1) is 23.3. The van der Waals surface area contributed by atoms with E-state index in [0.29, 0.717) is 23.4 Å². The van der Waals surface area contributed by atoms with Crippen LogP contribution in [-0.4, -0.2) is 43.4 Å². The van der Waals surface area contributed by atoms with E-state index < -0.39 is 24.0 Å². The Morgan fingerprint density at radius 3 is 2.00 bits per heavy atom. The van der Waals surface area contributed by atoms with E-state index in [4.69, 9.17) is 15.2 Å². The molecule has 8 nitrogen and oxygen atoms in total. The molecule has 1 fully saturated rings. The molecule has 1 aliphatic rings. The first-order valence-corrected chi connectivity index (χ1v) is 12.2. The lowest BCUT2D eigenvalue weighted by Gasteiger charge is -2.37. The number of aliphatic hydroxyl groups is 1. The van der Waals surface area contributed by atoms with Gasteiger partial charge in [0.15, 0.2) is 11.5 Å². The summed E-state index contributed by atoms with van der Waals surface area (Å²) in [5.74, 6) is 0.306. The standard InChI is InChI=1S/C29H27N5O3/c30-27-26-28(32-18-31-27)34(19-33-26)25-16-23(35)24(37-25)17-36-29(20-10-4-1-5-11-20,21-12-6-2-7-13-21)22-14-8-3-9-15-22/h1-15,18-19,23-25,35H,16-17H2,(H2,30,31,32)/t23-,24+,25-/m1/s1. The molecule has 8 heteroatoms. The molecule has 0 spiro atoms. The molecular weight excluding hydrogens is 466 g/mol. The Hall–Kier alpha value is -4.11. The summed E-state index contributed by atoms with van der Waals surface area (Å²) in [5, 5.41) is 11.0. The molecule has 0 bridgehead atoms. The monoisotopic (exact) mass is 493 g/mol. The second kappa shape index (κ2) is 9.74. The Kier molecular flexibility index (Phi) is 6.13. The van der Waals surface area contributed by atoms with Gasteiger partial charge in [-0.05, 0) is 16.7 Å². The predicted octanol–water partition coefficient (Wildman–Crippen LogP) is 4.07. The van der Waals surface area contributed by atoms with Crippen LogP contribution in [0.3, 0.4) is 0 Å². The summed E-state index contributed by atoms with van der Waals surface area (Å²) >= 11 is 0. The number of nitrogens with two attached hydrogens (primary N) is 1. The van der Waals surface area contributed by atoms with Gasteiger partial charge in [0.2, 0.25) is 0 Å². The van der Waals surface area contributed by atoms with Crippen LogP contribution in [0, 0.1) is 0 Å². The summed E-state index contributed by atoms with van der Waals surface area (Å²) in [6.45, 7) is 0.167. The number of nitrogen functional groups attached to an aromatic ring is 1. The Bertz CT molecular complexity index is 1380. The van der Waals surface area contributed by atoms with Gasteiger partial charge >= 0.3 is 0 Å². The summed E-state index contributed by atoms with van der Waals surface area (Å²) in [6, 6.07) is 30.4. The minimum Gasteiger partial charge on any atom is -0.390 e. The van der Waals surface area contributed by atoms with Crippen molar-refractivity contribution in [3.05, 3.63) is 120 Å². The average Bonchev–Trinajstić information content (AvgIpc) is 3.55. The minimum atomic E-state index is -0.895. The van der Waals surface area contributed by atoms with E-state index in [9.17, 15) is 5.11 Å². The van der Waals surface area contributed by atoms with Gasteiger partial charge in [0.05, 0.1) is 19.0 Å². The molecule has 6 rings (SSSR count). The highest BCUT2D eigenvalue weighted by molar-refractivity contribution is 5.81. The third kappa shape index (κ3) is 4.15. The van der Waals surface area contributed by atoms with Crippen molar-refractivity contribution < 1.29 is 14.6 Å². The van der Waals surface area contributed by atoms with Gasteiger partial charge < -0.3 is 20.3 Å². The van der Waals surface area contributed by atoms with E-state index in [1.54, 1.807) is 10.9 Å². The molecule has 5 aromatic rings. The fourth-order valence-electron chi connectivity index (χ4n) is 5.09. The number of fused-ring (bicyclic) bond motifs is 1. The molecule has 2 aromatic heterocycles. The number of hydrogen-bond donors (Lipinski definition) is 2. The average molecular weight is 494 g/mol. The second-order valence-corrected chi connectivity index (χ2v) is 9.11. The molecule has 0 aliphatic carbocycles. The maximum absolute atomic E-state index is 11.0. The van der Waals surface area contributed by atoms with Gasteiger partial charge in [0.25, 0.3) is 0 Å². The number of aromatic nitrogens is 4. The smallest absolute Gasteiger partial charge is 0.167 e. The molecule has 1 saturated heterocycles. The number of ether oxygens (including phenoxy) is 2. The predicted molar refractivity (Wildman–Crippen MR) is 139 cm³/mol. The lowest BCUT2D eigenvalue weighted by Crippen LogP contribution is -2.38. The zero-order chi connectivity index (χ0) is 25.2. The molecule has 0 saturated carbocycles. The molecular formula is C29H27N5O3. The Morgan fingerprint density at radius 2 is 1.43 bits per heavy atom. The molecule has 0 unspecified atom stereocenters. The van der Waals surface area contributed by atoms with Crippen molar-refractivity contribution in [2.75, 3.05) is 12.3 Å². The van der Waals surface area contributed by atoms with Crippen LogP contribution in [0.5, 0.6) is 0 Å². The van der Waals surface area contributed by atoms with Gasteiger partial charge in [-0.15, -0.1) is 0 Å². The second-order valence-electron chi connectivity index (χ2n) is 9.11. The van der Waals surface area contributed by atoms with E-state index in [1.165, 1.54) is 6.33 Å². The van der Waals surface area contributed by atoms with E-state index >= 15 is 0 Å². The number of aliphatic hydroxyl groups excluding tert-OH is 1. The first-order chi connectivity index (χ1) is 18.2. The Morgan fingerprint density at radius 1 is 0.865 bits per heavy atom. The summed E-state index contributed by atoms with van der Waals surface area (Å²) in [4.78, 5) is 12.7. The largest absolute Gasteiger partial charge is 0.390 e. The van der Waals surface area contributed by atoms with E-state index in [0.717, 1.165) is 16.7 Å². The van der Waals surface area contributed by atoms with Crippen LogP contribution in [0.15, 0.2) is 104 Å². The lowest BCUT2D eigenvalue weighted by molar-refractivity contribution is -0.0930. The van der Waals surface area contributed by atoms with E-state index in [2.05, 4.69) is 51.4 Å². The normalized spacial score (nSPS) is 19.9. The molecule has 3 heterocycles. The van der Waals surface area contributed by atoms with Crippen molar-refractivity contribution in [2.45, 2.75) is 30.5 Å². The van der Waals surface area contributed by atoms with Gasteiger partial charge in [0.1, 0.15) is 29.8 Å². The molecule has 0 radical (unpaired) electrons. The van der Waals surface area contributed by atoms with Gasteiger partial charge in [-0.2, -0.15) is 0 Å². The SMILES string of the molecule is Nc1ncnc2c1ncn2[C@H]1C[C@@H](O)[C@H](COC(c2ccccc2)(c2ccccc2)c2ccccc2)O1. The summed E-state index contributed by atoms with van der Waals surface area (Å²) < 4.78 is 15.0. The molecule has 3 aromatic carbocycles. The van der Waals surface area contributed by atoms with Gasteiger partial charge in [-0.1, -0.05) is 91.0 Å². The topological polar surface area (TPSA) is 108 Å². The number of hydrogen-bond acceptors (Lipinski definition) is 7. The highest BCUT2D eigenvalue weighted by atomic mass is 16.6. The number of nitrogens with zero attached hydrogens (tertiary/aromatic N) is 4. The van der Waals surface area contributed by atoms with Crippen LogP contribution in [-0.2, 0) is 15.1 Å². The van der Waals surface area contributed by atoms with Crippen molar-refractivity contribution in [3.8, 4) is 0 Å². The van der Waals surface area contributed by atoms with Crippen LogP contribution < -0.4 is 5.73 Å². The summed E-state index contributed by atoms with van der Waals surface area (Å²) in [7, 11) is 0. The molecule has 37 heavy (non-hydrogen) atoms. The van der Waals surface area contributed by atoms with Crippen LogP contribution in [0.1, 0.15) is 29.3 Å². The maximum atomic E-state index is 11.0. The minimum absolute atomic E-state index is 0.167. The lowest BCUT2D eigenvalue weighted by atomic mass is 9.80. The van der Waals surface area contributed by atoms with Crippen LogP contribution in [0.25, 0.3) is 11.2 Å². The number of rotatable bonds is 7. The zero-order valence-electron chi connectivity index (χ0n) is 20.1. The fraction of sp³-hybridized carbons (Fsp3) is 0.207. The Labute approximate surface area is 214 Å². The first-order valence-electron chi connectivity index (χ1n) is 12.2. The number of benzene rings is 3. The van der Waals surface area contributed by atoms with Crippen molar-refractivity contribution in [1.82, 2.24) is 19.5 Å². The molecule has 3 atom stereocenters. The van der Waals surface area contributed by atoms with Crippen LogP contribution in [0.4, 0.5) is 5.82 Å². The van der Waals surface area contributed by atoms with Crippen molar-refractivity contribution in [1.29, 1.82) is 0 Å². The highest BCUT2D eigenvalue weighted by Crippen LogP contribution is 2.41. The third-order valence-corrected chi connectivity index (χ3v) is 6.91. The molecule has 3 N–H and O–H groups in total. The van der Waals surface area contributed by atoms with Crippen molar-refractivity contribution in [3.63, 3.8) is 0 Å². The van der Waals surface area contributed by atoms with Crippen LogP contribution >= 0.6 is 0 Å². The van der Waals surface area contributed by atoms with Crippen molar-refractivity contribution >= 4 is 17.0 Å². The van der Waals surface area contributed by atoms with Gasteiger partial charge in [0, 0.05) is 6.42 Å². The number of imidazole rings is 1. The number of anilines is 1. The van der Waals surface area contributed by atoms with E-state index in [1.807, 2.05) is 54.6 Å². The molecule has 0 amide bonds. The maximum Gasteiger partial charge on any atom is 0.167 e. The molecule has 186 valence electrons. The quantitative estimate of drug-likeness (QED) is 0.329. The summed E-state index contributed by atoms with van der Waals surface area (Å²) in [6.07, 6.45) is 1.65. The fourth-order valence-corrected chi connectivity index (χ4v) is 5.09. The highest BCUT2D eigenvalue weighted by Gasteiger charge is 2.42. The van der Waals surface area contributed by atoms with Gasteiger partial charge in [-0.3, -0.25) is 4.57 Å². The van der Waals surface area contributed by atoms with Crippen LogP contribution in [0.2, 0.25) is 0 Å². The van der Waals surface area contributed by atoms with Gasteiger partial charge in [-0.25, -0.2) is 15.0 Å². The third-order valence-electron chi connectivity index (χ3n) is 6.91. The van der Waals surface area contributed by atoms with Crippen molar-refractivity contribution in [2.24, 2.45) is 0 Å².